The monoisotopic (exact) mass is 227 g/mol. The quantitative estimate of drug-likeness (QED) is 0.821. The Bertz CT molecular complexity index is 334. The van der Waals surface area contributed by atoms with Gasteiger partial charge < -0.3 is 5.32 Å². The van der Waals surface area contributed by atoms with Gasteiger partial charge in [0, 0.05) is 6.54 Å². The van der Waals surface area contributed by atoms with E-state index in [1.807, 2.05) is 0 Å². The summed E-state index contributed by atoms with van der Waals surface area (Å²) in [6, 6.07) is 4.42. The predicted molar refractivity (Wildman–Crippen MR) is 61.9 cm³/mol. The first-order chi connectivity index (χ1) is 7.25. The van der Waals surface area contributed by atoms with Crippen molar-refractivity contribution >= 4 is 17.3 Å². The summed E-state index contributed by atoms with van der Waals surface area (Å²) in [6.45, 7) is 0.906. The largest absolute Gasteiger partial charge is 0.383 e. The zero-order chi connectivity index (χ0) is 10.7. The molecule has 1 aromatic rings. The highest BCUT2D eigenvalue weighted by molar-refractivity contribution is 6.33. The van der Waals surface area contributed by atoms with E-state index < -0.39 is 0 Å². The number of rotatable bonds is 3. The fraction of sp³-hybridized carbons (Fsp3) is 0.500. The summed E-state index contributed by atoms with van der Waals surface area (Å²) in [4.78, 5) is 0. The molecule has 0 radical (unpaired) electrons. The van der Waals surface area contributed by atoms with Crippen molar-refractivity contribution in [2.24, 2.45) is 5.92 Å². The Hall–Kier alpha value is -0.760. The number of benzene rings is 1. The van der Waals surface area contributed by atoms with Crippen molar-refractivity contribution in [1.29, 1.82) is 0 Å². The van der Waals surface area contributed by atoms with Gasteiger partial charge in [-0.25, -0.2) is 4.39 Å². The lowest BCUT2D eigenvalue weighted by Gasteiger charge is -2.12. The molecular formula is C12H15ClFN. The van der Waals surface area contributed by atoms with Crippen LogP contribution in [0.2, 0.25) is 5.02 Å². The maximum Gasteiger partial charge on any atom is 0.125 e. The summed E-state index contributed by atoms with van der Waals surface area (Å²) in [5, 5.41) is 3.82. The topological polar surface area (TPSA) is 12.0 Å². The van der Waals surface area contributed by atoms with Gasteiger partial charge in [0.05, 0.1) is 10.7 Å². The molecule has 1 saturated carbocycles. The SMILES string of the molecule is Fc1ccc(Cl)c(NCC2CCCC2)c1. The van der Waals surface area contributed by atoms with E-state index in [9.17, 15) is 4.39 Å². The van der Waals surface area contributed by atoms with E-state index >= 15 is 0 Å². The first kappa shape index (κ1) is 10.7. The van der Waals surface area contributed by atoms with Crippen molar-refractivity contribution in [3.63, 3.8) is 0 Å². The van der Waals surface area contributed by atoms with Gasteiger partial charge in [-0.05, 0) is 37.0 Å². The second kappa shape index (κ2) is 4.84. The zero-order valence-corrected chi connectivity index (χ0v) is 9.36. The fourth-order valence-corrected chi connectivity index (χ4v) is 2.29. The third-order valence-corrected chi connectivity index (χ3v) is 3.31. The Morgan fingerprint density at radius 1 is 1.33 bits per heavy atom. The van der Waals surface area contributed by atoms with Gasteiger partial charge in [-0.3, -0.25) is 0 Å². The number of anilines is 1. The molecule has 0 saturated heterocycles. The van der Waals surface area contributed by atoms with Gasteiger partial charge in [0.2, 0.25) is 0 Å². The van der Waals surface area contributed by atoms with E-state index in [2.05, 4.69) is 5.32 Å². The van der Waals surface area contributed by atoms with E-state index in [1.54, 1.807) is 6.07 Å². The average molecular weight is 228 g/mol. The lowest BCUT2D eigenvalue weighted by molar-refractivity contribution is 0.579. The molecule has 1 aliphatic rings. The molecule has 3 heteroatoms. The smallest absolute Gasteiger partial charge is 0.125 e. The lowest BCUT2D eigenvalue weighted by Crippen LogP contribution is -2.11. The van der Waals surface area contributed by atoms with Crippen LogP contribution in [0.25, 0.3) is 0 Å². The molecule has 0 amide bonds. The average Bonchev–Trinajstić information content (AvgIpc) is 2.72. The molecule has 1 aromatic carbocycles. The van der Waals surface area contributed by atoms with Gasteiger partial charge in [0.25, 0.3) is 0 Å². The molecular weight excluding hydrogens is 213 g/mol. The minimum atomic E-state index is -0.242. The lowest BCUT2D eigenvalue weighted by atomic mass is 10.1. The Kier molecular flexibility index (Phi) is 3.47. The van der Waals surface area contributed by atoms with Crippen LogP contribution in [0.15, 0.2) is 18.2 Å². The first-order valence-corrected chi connectivity index (χ1v) is 5.82. The Labute approximate surface area is 94.6 Å². The summed E-state index contributed by atoms with van der Waals surface area (Å²) in [6.07, 6.45) is 5.20. The summed E-state index contributed by atoms with van der Waals surface area (Å²) >= 11 is 5.95. The second-order valence-electron chi connectivity index (χ2n) is 4.16. The highest BCUT2D eigenvalue weighted by Crippen LogP contribution is 2.27. The molecule has 1 fully saturated rings. The Morgan fingerprint density at radius 3 is 2.80 bits per heavy atom. The van der Waals surface area contributed by atoms with Crippen molar-refractivity contribution in [3.05, 3.63) is 29.0 Å². The van der Waals surface area contributed by atoms with Gasteiger partial charge in [0.1, 0.15) is 5.82 Å². The van der Waals surface area contributed by atoms with E-state index in [4.69, 9.17) is 11.6 Å². The molecule has 0 heterocycles. The van der Waals surface area contributed by atoms with Crippen LogP contribution in [-0.2, 0) is 0 Å². The van der Waals surface area contributed by atoms with Gasteiger partial charge in [0.15, 0.2) is 0 Å². The molecule has 0 spiro atoms. The molecule has 0 atom stereocenters. The second-order valence-corrected chi connectivity index (χ2v) is 4.56. The molecule has 0 aliphatic heterocycles. The van der Waals surface area contributed by atoms with E-state index in [0.717, 1.165) is 12.5 Å². The number of hydrogen-bond acceptors (Lipinski definition) is 1. The van der Waals surface area contributed by atoms with Crippen LogP contribution < -0.4 is 5.32 Å². The molecule has 1 aliphatic carbocycles. The third-order valence-electron chi connectivity index (χ3n) is 2.98. The van der Waals surface area contributed by atoms with Crippen LogP contribution in [0, 0.1) is 11.7 Å². The Morgan fingerprint density at radius 2 is 2.07 bits per heavy atom. The molecule has 1 nitrogen and oxygen atoms in total. The van der Waals surface area contributed by atoms with Crippen LogP contribution in [-0.4, -0.2) is 6.54 Å². The Balaban J connectivity index is 1.94. The molecule has 15 heavy (non-hydrogen) atoms. The minimum Gasteiger partial charge on any atom is -0.383 e. The number of halogens is 2. The van der Waals surface area contributed by atoms with E-state index in [1.165, 1.54) is 37.8 Å². The van der Waals surface area contributed by atoms with Crippen LogP contribution in [0.4, 0.5) is 10.1 Å². The van der Waals surface area contributed by atoms with Crippen LogP contribution in [0.1, 0.15) is 25.7 Å². The molecule has 82 valence electrons. The van der Waals surface area contributed by atoms with Gasteiger partial charge in [-0.15, -0.1) is 0 Å². The van der Waals surface area contributed by atoms with Crippen LogP contribution in [0.5, 0.6) is 0 Å². The normalized spacial score (nSPS) is 16.9. The standard InChI is InChI=1S/C12H15ClFN/c13-11-6-5-10(14)7-12(11)15-8-9-3-1-2-4-9/h5-7,9,15H,1-4,8H2. The van der Waals surface area contributed by atoms with Crippen molar-refractivity contribution < 1.29 is 4.39 Å². The van der Waals surface area contributed by atoms with Crippen molar-refractivity contribution in [2.75, 3.05) is 11.9 Å². The summed E-state index contributed by atoms with van der Waals surface area (Å²) in [7, 11) is 0. The predicted octanol–water partition coefficient (Wildman–Crippen LogP) is 4.08. The van der Waals surface area contributed by atoms with Crippen molar-refractivity contribution in [3.8, 4) is 0 Å². The number of nitrogens with one attached hydrogen (secondary N) is 1. The summed E-state index contributed by atoms with van der Waals surface area (Å²) < 4.78 is 12.9. The molecule has 0 bridgehead atoms. The zero-order valence-electron chi connectivity index (χ0n) is 8.60. The summed E-state index contributed by atoms with van der Waals surface area (Å²) in [5.74, 6) is 0.484. The first-order valence-electron chi connectivity index (χ1n) is 5.44. The van der Waals surface area contributed by atoms with Crippen LogP contribution >= 0.6 is 11.6 Å². The molecule has 0 aromatic heterocycles. The molecule has 2 rings (SSSR count). The van der Waals surface area contributed by atoms with Gasteiger partial charge in [-0.2, -0.15) is 0 Å². The number of hydrogen-bond donors (Lipinski definition) is 1. The van der Waals surface area contributed by atoms with E-state index in [0.29, 0.717) is 10.7 Å². The van der Waals surface area contributed by atoms with Crippen LogP contribution in [0.3, 0.4) is 0 Å². The highest BCUT2D eigenvalue weighted by atomic mass is 35.5. The van der Waals surface area contributed by atoms with Crippen molar-refractivity contribution in [1.82, 2.24) is 0 Å². The van der Waals surface area contributed by atoms with Gasteiger partial charge in [-0.1, -0.05) is 24.4 Å². The van der Waals surface area contributed by atoms with Gasteiger partial charge >= 0.3 is 0 Å². The minimum absolute atomic E-state index is 0.242. The summed E-state index contributed by atoms with van der Waals surface area (Å²) in [5.41, 5.74) is 0.712. The maximum atomic E-state index is 12.9. The molecule has 1 N–H and O–H groups in total. The molecule has 0 unspecified atom stereocenters. The fourth-order valence-electron chi connectivity index (χ4n) is 2.10. The van der Waals surface area contributed by atoms with E-state index in [-0.39, 0.29) is 5.82 Å². The third kappa shape index (κ3) is 2.85. The highest BCUT2D eigenvalue weighted by Gasteiger charge is 2.14. The van der Waals surface area contributed by atoms with Crippen molar-refractivity contribution in [2.45, 2.75) is 25.7 Å². The maximum absolute atomic E-state index is 12.9.